The second kappa shape index (κ2) is 7.51. The van der Waals surface area contributed by atoms with E-state index in [-0.39, 0.29) is 11.7 Å². The van der Waals surface area contributed by atoms with Crippen LogP contribution in [0.5, 0.6) is 0 Å². The van der Waals surface area contributed by atoms with Gasteiger partial charge in [0.15, 0.2) is 5.82 Å². The molecule has 30 heavy (non-hydrogen) atoms. The average Bonchev–Trinajstić information content (AvgIpc) is 3.27. The highest BCUT2D eigenvalue weighted by molar-refractivity contribution is 6.00. The van der Waals surface area contributed by atoms with Gasteiger partial charge in [-0.2, -0.15) is 0 Å². The Morgan fingerprint density at radius 1 is 0.967 bits per heavy atom. The summed E-state index contributed by atoms with van der Waals surface area (Å²) in [5.74, 6) is 0.447. The first-order chi connectivity index (χ1) is 14.7. The second-order valence-electron chi connectivity index (χ2n) is 7.06. The maximum Gasteiger partial charge on any atom is 0.246 e. The molecule has 0 spiro atoms. The number of piperazine rings is 1. The minimum atomic E-state index is -0.296. The highest BCUT2D eigenvalue weighted by atomic mass is 19.1. The lowest BCUT2D eigenvalue weighted by Gasteiger charge is -2.35. The van der Waals surface area contributed by atoms with E-state index in [1.165, 1.54) is 22.8 Å². The van der Waals surface area contributed by atoms with Crippen molar-refractivity contribution in [3.05, 3.63) is 66.0 Å². The molecular weight excluding hydrogens is 385 g/mol. The molecule has 2 aromatic heterocycles. The summed E-state index contributed by atoms with van der Waals surface area (Å²) in [4.78, 5) is 16.5. The first-order valence-corrected chi connectivity index (χ1v) is 9.64. The molecule has 1 fully saturated rings. The van der Waals surface area contributed by atoms with Crippen LogP contribution in [0.4, 0.5) is 10.2 Å². The van der Waals surface area contributed by atoms with Gasteiger partial charge in [0, 0.05) is 43.0 Å². The van der Waals surface area contributed by atoms with Crippen LogP contribution in [0, 0.1) is 5.82 Å². The van der Waals surface area contributed by atoms with E-state index in [0.29, 0.717) is 31.8 Å². The molecule has 1 saturated heterocycles. The summed E-state index contributed by atoms with van der Waals surface area (Å²) in [7, 11) is 0. The fraction of sp³-hybridized carbons (Fsp3) is 0.190. The van der Waals surface area contributed by atoms with Gasteiger partial charge < -0.3 is 9.80 Å². The van der Waals surface area contributed by atoms with Crippen LogP contribution >= 0.6 is 0 Å². The number of carbonyl (C=O) groups is 1. The highest BCUT2D eigenvalue weighted by Gasteiger charge is 2.23. The second-order valence-corrected chi connectivity index (χ2v) is 7.06. The first-order valence-electron chi connectivity index (χ1n) is 9.64. The van der Waals surface area contributed by atoms with Crippen molar-refractivity contribution in [2.24, 2.45) is 0 Å². The quantitative estimate of drug-likeness (QED) is 0.488. The van der Waals surface area contributed by atoms with Crippen molar-refractivity contribution in [2.75, 3.05) is 31.1 Å². The number of hydrogen-bond acceptors (Lipinski definition) is 6. The molecule has 1 aliphatic heterocycles. The Morgan fingerprint density at radius 2 is 1.70 bits per heavy atom. The zero-order chi connectivity index (χ0) is 20.5. The lowest BCUT2D eigenvalue weighted by Crippen LogP contribution is -2.48. The molecule has 9 heteroatoms. The van der Waals surface area contributed by atoms with Crippen LogP contribution in [0.25, 0.3) is 22.5 Å². The summed E-state index contributed by atoms with van der Waals surface area (Å²) < 4.78 is 14.4. The summed E-state index contributed by atoms with van der Waals surface area (Å²) >= 11 is 0. The smallest absolute Gasteiger partial charge is 0.246 e. The van der Waals surface area contributed by atoms with Crippen LogP contribution in [0.15, 0.2) is 54.6 Å². The molecule has 2 aromatic carbocycles. The van der Waals surface area contributed by atoms with Crippen LogP contribution < -0.4 is 4.90 Å². The van der Waals surface area contributed by atoms with E-state index >= 15 is 0 Å². The fourth-order valence-electron chi connectivity index (χ4n) is 3.65. The Kier molecular flexibility index (Phi) is 4.55. The zero-order valence-corrected chi connectivity index (χ0v) is 16.0. The van der Waals surface area contributed by atoms with Crippen molar-refractivity contribution < 1.29 is 9.18 Å². The molecular formula is C21H18FN7O. The minimum absolute atomic E-state index is 0.0623. The van der Waals surface area contributed by atoms with Gasteiger partial charge >= 0.3 is 0 Å². The third-order valence-corrected chi connectivity index (χ3v) is 5.23. The van der Waals surface area contributed by atoms with Crippen molar-refractivity contribution in [1.82, 2.24) is 30.2 Å². The normalized spacial score (nSPS) is 14.8. The van der Waals surface area contributed by atoms with Gasteiger partial charge in [-0.1, -0.05) is 36.4 Å². The van der Waals surface area contributed by atoms with Crippen molar-refractivity contribution in [1.29, 1.82) is 0 Å². The van der Waals surface area contributed by atoms with Crippen molar-refractivity contribution in [2.45, 2.75) is 0 Å². The average molecular weight is 403 g/mol. The molecule has 0 atom stereocenters. The number of aromatic nitrogens is 5. The number of fused-ring (bicyclic) bond motifs is 3. The number of rotatable bonds is 3. The Hall–Kier alpha value is -3.88. The van der Waals surface area contributed by atoms with Gasteiger partial charge in [0.1, 0.15) is 5.82 Å². The number of halogens is 1. The molecule has 1 aliphatic rings. The van der Waals surface area contributed by atoms with Crippen LogP contribution in [-0.4, -0.2) is 62.2 Å². The third-order valence-electron chi connectivity index (χ3n) is 5.23. The number of anilines is 1. The Morgan fingerprint density at radius 3 is 2.47 bits per heavy atom. The number of carbonyl (C=O) groups excluding carboxylic acids is 1. The molecule has 0 aliphatic carbocycles. The van der Waals surface area contributed by atoms with E-state index in [4.69, 9.17) is 0 Å². The van der Waals surface area contributed by atoms with E-state index in [9.17, 15) is 9.18 Å². The van der Waals surface area contributed by atoms with Crippen molar-refractivity contribution in [3.63, 3.8) is 0 Å². The van der Waals surface area contributed by atoms with E-state index in [2.05, 4.69) is 25.5 Å². The maximum absolute atomic E-state index is 13.0. The molecule has 0 N–H and O–H groups in total. The van der Waals surface area contributed by atoms with E-state index in [1.54, 1.807) is 23.1 Å². The largest absolute Gasteiger partial charge is 0.351 e. The molecule has 4 aromatic rings. The van der Waals surface area contributed by atoms with Crippen molar-refractivity contribution >= 4 is 34.2 Å². The number of tetrazole rings is 1. The minimum Gasteiger partial charge on any atom is -0.351 e. The van der Waals surface area contributed by atoms with Crippen LogP contribution in [-0.2, 0) is 4.79 Å². The fourth-order valence-corrected chi connectivity index (χ4v) is 3.65. The van der Waals surface area contributed by atoms with Gasteiger partial charge in [-0.15, -0.1) is 14.8 Å². The van der Waals surface area contributed by atoms with Gasteiger partial charge in [0.05, 0.1) is 0 Å². The van der Waals surface area contributed by atoms with Crippen LogP contribution in [0.1, 0.15) is 5.56 Å². The predicted molar refractivity (Wildman–Crippen MR) is 110 cm³/mol. The monoisotopic (exact) mass is 403 g/mol. The number of benzene rings is 2. The molecule has 0 radical (unpaired) electrons. The Labute approximate surface area is 171 Å². The predicted octanol–water partition coefficient (Wildman–Crippen LogP) is 2.17. The summed E-state index contributed by atoms with van der Waals surface area (Å²) in [6.45, 7) is 2.47. The van der Waals surface area contributed by atoms with Gasteiger partial charge in [-0.3, -0.25) is 4.79 Å². The first kappa shape index (κ1) is 18.2. The van der Waals surface area contributed by atoms with Gasteiger partial charge in [-0.25, -0.2) is 4.39 Å². The van der Waals surface area contributed by atoms with E-state index in [0.717, 1.165) is 22.2 Å². The highest BCUT2D eigenvalue weighted by Crippen LogP contribution is 2.27. The molecule has 1 amide bonds. The lowest BCUT2D eigenvalue weighted by atomic mass is 10.1. The molecule has 0 saturated carbocycles. The summed E-state index contributed by atoms with van der Waals surface area (Å²) in [5.41, 5.74) is 1.41. The van der Waals surface area contributed by atoms with Gasteiger partial charge in [0.25, 0.3) is 0 Å². The summed E-state index contributed by atoms with van der Waals surface area (Å²) in [5, 5.41) is 18.2. The summed E-state index contributed by atoms with van der Waals surface area (Å²) in [6, 6.07) is 13.9. The third kappa shape index (κ3) is 3.34. The zero-order valence-electron chi connectivity index (χ0n) is 16.0. The SMILES string of the molecule is O=C(/C=C/c1ccc(F)cc1)N1CCN(c2nn3nnnc3c3ccccc23)CC1. The standard InChI is InChI=1S/C21H18FN7O/c22-16-8-5-15(6-9-16)7-10-19(30)27-11-13-28(14-12-27)21-18-4-2-1-3-17(18)20-23-25-26-29(20)24-21/h1-10H,11-14H2/b10-7+. The lowest BCUT2D eigenvalue weighted by molar-refractivity contribution is -0.126. The Bertz CT molecular complexity index is 1240. The molecule has 3 heterocycles. The number of nitrogens with zero attached hydrogens (tertiary/aromatic N) is 7. The van der Waals surface area contributed by atoms with Crippen LogP contribution in [0.3, 0.4) is 0 Å². The topological polar surface area (TPSA) is 79.5 Å². The number of amides is 1. The molecule has 150 valence electrons. The van der Waals surface area contributed by atoms with E-state index < -0.39 is 0 Å². The van der Waals surface area contributed by atoms with Gasteiger partial charge in [-0.05, 0) is 34.2 Å². The van der Waals surface area contributed by atoms with E-state index in [1.807, 2.05) is 24.3 Å². The number of hydrogen-bond donors (Lipinski definition) is 0. The molecule has 5 rings (SSSR count). The van der Waals surface area contributed by atoms with Crippen molar-refractivity contribution in [3.8, 4) is 0 Å². The maximum atomic E-state index is 13.0. The van der Waals surface area contributed by atoms with Gasteiger partial charge in [0.2, 0.25) is 11.6 Å². The molecule has 0 unspecified atom stereocenters. The molecule has 0 bridgehead atoms. The Balaban J connectivity index is 1.32. The van der Waals surface area contributed by atoms with Crippen LogP contribution in [0.2, 0.25) is 0 Å². The molecule has 8 nitrogen and oxygen atoms in total. The summed E-state index contributed by atoms with van der Waals surface area (Å²) in [6.07, 6.45) is 3.23.